The molecule has 0 amide bonds. The number of phenols is 1. The third kappa shape index (κ3) is 3.94. The first-order valence-corrected chi connectivity index (χ1v) is 8.36. The molecule has 0 unspecified atom stereocenters. The number of fused-ring (bicyclic) bond motifs is 1. The molecule has 1 aliphatic carbocycles. The summed E-state index contributed by atoms with van der Waals surface area (Å²) >= 11 is 1.81. The highest BCUT2D eigenvalue weighted by Gasteiger charge is 2.40. The van der Waals surface area contributed by atoms with Gasteiger partial charge in [-0.05, 0) is 53.9 Å². The number of nitrogens with two attached hydrogens (primary N) is 2. The third-order valence-electron chi connectivity index (χ3n) is 4.61. The topological polar surface area (TPSA) is 72.3 Å². The Hall–Kier alpha value is -1.07. The quantitative estimate of drug-likeness (QED) is 0.678. The molecule has 0 bridgehead atoms. The summed E-state index contributed by atoms with van der Waals surface area (Å²) in [5.41, 5.74) is 15.4. The molecule has 2 atom stereocenters. The van der Waals surface area contributed by atoms with Crippen LogP contribution in [0.1, 0.15) is 25.0 Å². The normalized spacial score (nSPS) is 21.1. The SMILES string of the molecule is CC1(C)c2cc(O)ccc2C[C@H](Sc2ccc(N)cc2)[C@H]1N.Cl.Cl. The van der Waals surface area contributed by atoms with Crippen LogP contribution in [0.3, 0.4) is 0 Å². The summed E-state index contributed by atoms with van der Waals surface area (Å²) in [6.45, 7) is 4.32. The van der Waals surface area contributed by atoms with Gasteiger partial charge in [0.2, 0.25) is 0 Å². The molecule has 24 heavy (non-hydrogen) atoms. The maximum Gasteiger partial charge on any atom is 0.115 e. The number of rotatable bonds is 2. The number of halogens is 2. The fourth-order valence-corrected chi connectivity index (χ4v) is 4.56. The Bertz CT molecular complexity index is 692. The van der Waals surface area contributed by atoms with E-state index in [0.29, 0.717) is 11.0 Å². The Labute approximate surface area is 160 Å². The van der Waals surface area contributed by atoms with Crippen molar-refractivity contribution >= 4 is 42.3 Å². The van der Waals surface area contributed by atoms with Crippen molar-refractivity contribution in [1.82, 2.24) is 0 Å². The molecule has 3 rings (SSSR count). The molecule has 1 aliphatic rings. The van der Waals surface area contributed by atoms with Crippen LogP contribution in [0.25, 0.3) is 0 Å². The highest BCUT2D eigenvalue weighted by atomic mass is 35.5. The van der Waals surface area contributed by atoms with Gasteiger partial charge >= 0.3 is 0 Å². The summed E-state index contributed by atoms with van der Waals surface area (Å²) in [6.07, 6.45) is 0.912. The summed E-state index contributed by atoms with van der Waals surface area (Å²) in [7, 11) is 0. The predicted octanol–water partition coefficient (Wildman–Crippen LogP) is 4.14. The molecule has 0 fully saturated rings. The van der Waals surface area contributed by atoms with E-state index >= 15 is 0 Å². The highest BCUT2D eigenvalue weighted by molar-refractivity contribution is 8.00. The first kappa shape index (κ1) is 21.0. The van der Waals surface area contributed by atoms with E-state index in [4.69, 9.17) is 11.5 Å². The van der Waals surface area contributed by atoms with Crippen LogP contribution in [0.2, 0.25) is 0 Å². The lowest BCUT2D eigenvalue weighted by Crippen LogP contribution is -2.52. The lowest BCUT2D eigenvalue weighted by molar-refractivity contribution is 0.369. The Balaban J connectivity index is 0.00000144. The molecular weight excluding hydrogens is 363 g/mol. The molecule has 0 aromatic heterocycles. The van der Waals surface area contributed by atoms with E-state index in [1.807, 2.05) is 48.2 Å². The van der Waals surface area contributed by atoms with Gasteiger partial charge in [-0.3, -0.25) is 0 Å². The number of benzene rings is 2. The molecule has 132 valence electrons. The van der Waals surface area contributed by atoms with Crippen LogP contribution in [-0.4, -0.2) is 16.4 Å². The molecule has 2 aromatic rings. The van der Waals surface area contributed by atoms with Gasteiger partial charge in [0, 0.05) is 27.3 Å². The fraction of sp³-hybridized carbons (Fsp3) is 0.333. The van der Waals surface area contributed by atoms with Crippen LogP contribution in [0.15, 0.2) is 47.4 Å². The van der Waals surface area contributed by atoms with Gasteiger partial charge in [0.1, 0.15) is 5.75 Å². The minimum atomic E-state index is -0.169. The van der Waals surface area contributed by atoms with Crippen molar-refractivity contribution in [2.45, 2.75) is 41.9 Å². The average Bonchev–Trinajstić information content (AvgIpc) is 2.48. The van der Waals surface area contributed by atoms with Gasteiger partial charge in [-0.2, -0.15) is 0 Å². The third-order valence-corrected chi connectivity index (χ3v) is 5.92. The smallest absolute Gasteiger partial charge is 0.115 e. The summed E-state index contributed by atoms with van der Waals surface area (Å²) in [5.74, 6) is 0.309. The summed E-state index contributed by atoms with van der Waals surface area (Å²) < 4.78 is 0. The van der Waals surface area contributed by atoms with Gasteiger partial charge in [0.05, 0.1) is 0 Å². The van der Waals surface area contributed by atoms with Crippen LogP contribution in [-0.2, 0) is 11.8 Å². The minimum absolute atomic E-state index is 0. The zero-order valence-electron chi connectivity index (χ0n) is 13.7. The highest BCUT2D eigenvalue weighted by Crippen LogP contribution is 2.43. The average molecular weight is 387 g/mol. The maximum absolute atomic E-state index is 9.78. The molecule has 5 N–H and O–H groups in total. The van der Waals surface area contributed by atoms with Crippen molar-refractivity contribution in [3.05, 3.63) is 53.6 Å². The van der Waals surface area contributed by atoms with E-state index in [1.54, 1.807) is 6.07 Å². The molecule has 0 saturated carbocycles. The van der Waals surface area contributed by atoms with E-state index in [9.17, 15) is 5.11 Å². The Kier molecular flexibility index (Phi) is 6.88. The van der Waals surface area contributed by atoms with Gasteiger partial charge in [-0.1, -0.05) is 19.9 Å². The summed E-state index contributed by atoms with van der Waals surface area (Å²) in [5, 5.41) is 10.1. The number of anilines is 1. The summed E-state index contributed by atoms with van der Waals surface area (Å²) in [6, 6.07) is 13.6. The van der Waals surface area contributed by atoms with Crippen molar-refractivity contribution in [1.29, 1.82) is 0 Å². The zero-order chi connectivity index (χ0) is 15.9. The van der Waals surface area contributed by atoms with Crippen LogP contribution in [0, 0.1) is 0 Å². The summed E-state index contributed by atoms with van der Waals surface area (Å²) in [4.78, 5) is 1.19. The molecule has 3 nitrogen and oxygen atoms in total. The second-order valence-electron chi connectivity index (χ2n) is 6.52. The molecule has 0 spiro atoms. The van der Waals surface area contributed by atoms with E-state index in [0.717, 1.165) is 17.7 Å². The van der Waals surface area contributed by atoms with Crippen molar-refractivity contribution in [2.75, 3.05) is 5.73 Å². The molecule has 6 heteroatoms. The number of thioether (sulfide) groups is 1. The standard InChI is InChI=1S/C18H22N2OS.2ClH/c1-18(2)15-10-13(21)6-3-11(15)9-16(17(18)20)22-14-7-4-12(19)5-8-14;;/h3-8,10,16-17,21H,9,19-20H2,1-2H3;2*1H/t16-,17+;;/m0../s1. The van der Waals surface area contributed by atoms with Gasteiger partial charge in [-0.15, -0.1) is 36.6 Å². The molecule has 0 radical (unpaired) electrons. The van der Waals surface area contributed by atoms with E-state index in [-0.39, 0.29) is 36.3 Å². The van der Waals surface area contributed by atoms with E-state index < -0.39 is 0 Å². The van der Waals surface area contributed by atoms with Crippen molar-refractivity contribution < 1.29 is 5.11 Å². The lowest BCUT2D eigenvalue weighted by Gasteiger charge is -2.43. The number of nitrogen functional groups attached to an aromatic ring is 1. The predicted molar refractivity (Wildman–Crippen MR) is 108 cm³/mol. The van der Waals surface area contributed by atoms with E-state index in [2.05, 4.69) is 13.8 Å². The Morgan fingerprint density at radius 1 is 1.08 bits per heavy atom. The van der Waals surface area contributed by atoms with Gasteiger partial charge < -0.3 is 16.6 Å². The largest absolute Gasteiger partial charge is 0.508 e. The Morgan fingerprint density at radius 3 is 2.33 bits per heavy atom. The second kappa shape index (κ2) is 7.87. The van der Waals surface area contributed by atoms with Gasteiger partial charge in [0.15, 0.2) is 0 Å². The molecule has 0 aliphatic heterocycles. The van der Waals surface area contributed by atoms with Crippen LogP contribution in [0.4, 0.5) is 5.69 Å². The molecular formula is C18H24Cl2N2OS. The number of hydrogen-bond acceptors (Lipinski definition) is 4. The van der Waals surface area contributed by atoms with Crippen molar-refractivity contribution in [2.24, 2.45) is 5.73 Å². The van der Waals surface area contributed by atoms with Gasteiger partial charge in [-0.25, -0.2) is 0 Å². The molecule has 2 aromatic carbocycles. The second-order valence-corrected chi connectivity index (χ2v) is 7.83. The zero-order valence-corrected chi connectivity index (χ0v) is 16.2. The van der Waals surface area contributed by atoms with Crippen LogP contribution >= 0.6 is 36.6 Å². The number of phenolic OH excluding ortho intramolecular Hbond substituents is 1. The minimum Gasteiger partial charge on any atom is -0.508 e. The Morgan fingerprint density at radius 2 is 1.71 bits per heavy atom. The van der Waals surface area contributed by atoms with Gasteiger partial charge in [0.25, 0.3) is 0 Å². The van der Waals surface area contributed by atoms with Crippen LogP contribution in [0.5, 0.6) is 5.75 Å². The lowest BCUT2D eigenvalue weighted by atomic mass is 9.69. The first-order chi connectivity index (χ1) is 10.4. The number of hydrogen-bond donors (Lipinski definition) is 3. The molecule has 0 saturated heterocycles. The van der Waals surface area contributed by atoms with E-state index in [1.165, 1.54) is 10.5 Å². The van der Waals surface area contributed by atoms with Crippen molar-refractivity contribution in [3.63, 3.8) is 0 Å². The maximum atomic E-state index is 9.78. The van der Waals surface area contributed by atoms with Crippen LogP contribution < -0.4 is 11.5 Å². The fourth-order valence-electron chi connectivity index (χ4n) is 3.17. The molecule has 0 heterocycles. The van der Waals surface area contributed by atoms with Crippen molar-refractivity contribution in [3.8, 4) is 5.75 Å². The monoisotopic (exact) mass is 386 g/mol. The first-order valence-electron chi connectivity index (χ1n) is 7.48. The number of aromatic hydroxyl groups is 1.